The normalized spacial score (nSPS) is 10.9. The lowest BCUT2D eigenvalue weighted by Gasteiger charge is -2.13. The predicted octanol–water partition coefficient (Wildman–Crippen LogP) is 8.66. The number of rotatable bonds is 6. The lowest BCUT2D eigenvalue weighted by molar-refractivity contribution is 1.18. The van der Waals surface area contributed by atoms with E-state index >= 15 is 0 Å². The highest BCUT2D eigenvalue weighted by Crippen LogP contribution is 2.35. The molecule has 42 heavy (non-hydrogen) atoms. The Bertz CT molecular complexity index is 1700. The molecule has 0 amide bonds. The van der Waals surface area contributed by atoms with Crippen molar-refractivity contribution in [2.45, 2.75) is 0 Å². The van der Waals surface area contributed by atoms with E-state index in [1.54, 1.807) is 24.9 Å². The minimum absolute atomic E-state index is 0.837. The van der Waals surface area contributed by atoms with Crippen LogP contribution in [-0.2, 0) is 0 Å². The van der Waals surface area contributed by atoms with Gasteiger partial charge in [0.25, 0.3) is 0 Å². The van der Waals surface area contributed by atoms with Gasteiger partial charge in [0.2, 0.25) is 0 Å². The first-order valence-electron chi connectivity index (χ1n) is 13.7. The third kappa shape index (κ3) is 5.31. The minimum atomic E-state index is 0.837. The summed E-state index contributed by atoms with van der Waals surface area (Å²) in [5, 5.41) is 0. The molecule has 0 unspecified atom stereocenters. The van der Waals surface area contributed by atoms with Crippen LogP contribution < -0.4 is 0 Å². The zero-order chi connectivity index (χ0) is 28.1. The van der Waals surface area contributed by atoms with Gasteiger partial charge in [0.05, 0.1) is 11.4 Å². The van der Waals surface area contributed by atoms with Gasteiger partial charge in [0.1, 0.15) is 6.33 Å². The maximum atomic E-state index is 4.72. The largest absolute Gasteiger partial charge is 0.264 e. The second-order valence-electron chi connectivity index (χ2n) is 9.98. The van der Waals surface area contributed by atoms with E-state index in [2.05, 4.69) is 99.9 Å². The summed E-state index contributed by atoms with van der Waals surface area (Å²) >= 11 is 0. The van der Waals surface area contributed by atoms with E-state index in [1.807, 2.05) is 42.9 Å². The van der Waals surface area contributed by atoms with Crippen molar-refractivity contribution in [2.75, 3.05) is 0 Å². The summed E-state index contributed by atoms with van der Waals surface area (Å²) in [7, 11) is 0. The van der Waals surface area contributed by atoms with E-state index < -0.39 is 0 Å². The second-order valence-corrected chi connectivity index (χ2v) is 9.98. The van der Waals surface area contributed by atoms with Crippen LogP contribution in [0.25, 0.3) is 67.0 Å². The Labute approximate surface area is 244 Å². The van der Waals surface area contributed by atoms with Crippen LogP contribution in [0, 0.1) is 0 Å². The van der Waals surface area contributed by atoms with Crippen LogP contribution in [0.1, 0.15) is 0 Å². The molecule has 0 aliphatic heterocycles. The first-order valence-corrected chi connectivity index (χ1v) is 13.7. The fourth-order valence-corrected chi connectivity index (χ4v) is 5.12. The summed E-state index contributed by atoms with van der Waals surface area (Å²) in [4.78, 5) is 22.5. The van der Waals surface area contributed by atoms with Crippen LogP contribution in [0.2, 0.25) is 0 Å². The number of pyridine rings is 3. The molecule has 5 heteroatoms. The summed E-state index contributed by atoms with van der Waals surface area (Å²) < 4.78 is 0. The maximum absolute atomic E-state index is 4.72. The quantitative estimate of drug-likeness (QED) is 0.212. The van der Waals surface area contributed by atoms with Gasteiger partial charge in [-0.05, 0) is 88.5 Å². The van der Waals surface area contributed by atoms with Gasteiger partial charge < -0.3 is 0 Å². The third-order valence-corrected chi connectivity index (χ3v) is 7.22. The van der Waals surface area contributed by atoms with Crippen molar-refractivity contribution in [1.82, 2.24) is 24.9 Å². The smallest absolute Gasteiger partial charge is 0.116 e. The Balaban J connectivity index is 1.37. The molecule has 4 heterocycles. The van der Waals surface area contributed by atoms with Crippen LogP contribution in [0.4, 0.5) is 0 Å². The molecule has 0 aliphatic carbocycles. The monoisotopic (exact) mass is 539 g/mol. The van der Waals surface area contributed by atoms with E-state index in [9.17, 15) is 0 Å². The molecule has 0 N–H and O–H groups in total. The average Bonchev–Trinajstić information content (AvgIpc) is 3.09. The molecular formula is C37H25N5. The number of benzene rings is 3. The average molecular weight is 540 g/mol. The lowest BCUT2D eigenvalue weighted by Crippen LogP contribution is -1.93. The van der Waals surface area contributed by atoms with Crippen molar-refractivity contribution < 1.29 is 0 Å². The van der Waals surface area contributed by atoms with Crippen LogP contribution in [-0.4, -0.2) is 24.9 Å². The Morgan fingerprint density at radius 3 is 1.10 bits per heavy atom. The number of hydrogen-bond acceptors (Lipinski definition) is 5. The van der Waals surface area contributed by atoms with Gasteiger partial charge in [0.15, 0.2) is 0 Å². The first-order chi connectivity index (χ1) is 20.8. The number of nitrogens with zero attached hydrogens (tertiary/aromatic N) is 5. The lowest BCUT2D eigenvalue weighted by atomic mass is 9.94. The van der Waals surface area contributed by atoms with E-state index in [0.717, 1.165) is 67.0 Å². The standard InChI is InChI=1S/C37H25N5/c1-2-7-26(8-3-1)30-15-31(27-9-4-12-38-22-27)18-34(17-30)36-21-37(42-25-41-36)35-19-32(28-10-5-13-39-23-28)16-33(20-35)29-11-6-14-40-24-29/h1-25H. The van der Waals surface area contributed by atoms with E-state index in [4.69, 9.17) is 9.97 Å². The highest BCUT2D eigenvalue weighted by Gasteiger charge is 2.12. The Morgan fingerprint density at radius 1 is 0.310 bits per heavy atom. The van der Waals surface area contributed by atoms with Gasteiger partial charge in [-0.3, -0.25) is 15.0 Å². The molecule has 4 aromatic heterocycles. The van der Waals surface area contributed by atoms with E-state index in [0.29, 0.717) is 0 Å². The number of hydrogen-bond donors (Lipinski definition) is 0. The molecule has 3 aromatic carbocycles. The van der Waals surface area contributed by atoms with Crippen LogP contribution >= 0.6 is 0 Å². The van der Waals surface area contributed by atoms with Gasteiger partial charge >= 0.3 is 0 Å². The molecule has 0 bridgehead atoms. The number of aromatic nitrogens is 5. The third-order valence-electron chi connectivity index (χ3n) is 7.22. The molecular weight excluding hydrogens is 514 g/mol. The highest BCUT2D eigenvalue weighted by molar-refractivity contribution is 5.83. The van der Waals surface area contributed by atoms with Crippen LogP contribution in [0.3, 0.4) is 0 Å². The van der Waals surface area contributed by atoms with Crippen molar-refractivity contribution >= 4 is 0 Å². The summed E-state index contributed by atoms with van der Waals surface area (Å²) in [6.07, 6.45) is 12.7. The van der Waals surface area contributed by atoms with Crippen molar-refractivity contribution in [1.29, 1.82) is 0 Å². The Kier molecular flexibility index (Phi) is 6.81. The van der Waals surface area contributed by atoms with Crippen molar-refractivity contribution in [2.24, 2.45) is 0 Å². The topological polar surface area (TPSA) is 64.5 Å². The van der Waals surface area contributed by atoms with Gasteiger partial charge in [-0.2, -0.15) is 0 Å². The fraction of sp³-hybridized carbons (Fsp3) is 0. The van der Waals surface area contributed by atoms with Gasteiger partial charge in [0, 0.05) is 65.0 Å². The Hall–Kier alpha value is -5.81. The fourth-order valence-electron chi connectivity index (χ4n) is 5.12. The Morgan fingerprint density at radius 2 is 0.690 bits per heavy atom. The van der Waals surface area contributed by atoms with Crippen molar-refractivity contribution in [3.05, 3.63) is 153 Å². The summed E-state index contributed by atoms with van der Waals surface area (Å²) in [5.41, 5.74) is 12.3. The van der Waals surface area contributed by atoms with E-state index in [1.165, 1.54) is 0 Å². The van der Waals surface area contributed by atoms with Gasteiger partial charge in [-0.1, -0.05) is 48.5 Å². The SMILES string of the molecule is c1ccc(-c2cc(-c3cccnc3)cc(-c3cc(-c4cc(-c5cccnc5)cc(-c5cccnc5)c4)ncn3)c2)cc1. The van der Waals surface area contributed by atoms with Crippen molar-refractivity contribution in [3.8, 4) is 67.0 Å². The minimum Gasteiger partial charge on any atom is -0.264 e. The molecule has 5 nitrogen and oxygen atoms in total. The maximum Gasteiger partial charge on any atom is 0.116 e. The summed E-state index contributed by atoms with van der Waals surface area (Å²) in [5.74, 6) is 0. The molecule has 0 saturated heterocycles. The molecule has 0 radical (unpaired) electrons. The van der Waals surface area contributed by atoms with E-state index in [-0.39, 0.29) is 0 Å². The molecule has 0 saturated carbocycles. The second kappa shape index (κ2) is 11.4. The highest BCUT2D eigenvalue weighted by atomic mass is 14.8. The van der Waals surface area contributed by atoms with Crippen LogP contribution in [0.15, 0.2) is 153 Å². The zero-order valence-corrected chi connectivity index (χ0v) is 22.7. The molecule has 0 atom stereocenters. The first kappa shape index (κ1) is 25.2. The predicted molar refractivity (Wildman–Crippen MR) is 168 cm³/mol. The van der Waals surface area contributed by atoms with Gasteiger partial charge in [-0.25, -0.2) is 9.97 Å². The van der Waals surface area contributed by atoms with Crippen molar-refractivity contribution in [3.63, 3.8) is 0 Å². The van der Waals surface area contributed by atoms with Gasteiger partial charge in [-0.15, -0.1) is 0 Å². The molecule has 198 valence electrons. The molecule has 0 spiro atoms. The summed E-state index contributed by atoms with van der Waals surface area (Å²) in [6.45, 7) is 0. The molecule has 7 rings (SSSR count). The molecule has 0 fully saturated rings. The zero-order valence-electron chi connectivity index (χ0n) is 22.7. The molecule has 7 aromatic rings. The molecule has 0 aliphatic rings. The summed E-state index contributed by atoms with van der Waals surface area (Å²) in [6, 6.07) is 37.6. The van der Waals surface area contributed by atoms with Crippen LogP contribution in [0.5, 0.6) is 0 Å².